The van der Waals surface area contributed by atoms with Gasteiger partial charge in [0.15, 0.2) is 0 Å². The third kappa shape index (κ3) is 3.85. The van der Waals surface area contributed by atoms with Crippen molar-refractivity contribution >= 4 is 26.8 Å². The van der Waals surface area contributed by atoms with E-state index in [1.54, 1.807) is 13.0 Å². The largest absolute Gasteiger partial charge is 0.358 e. The summed E-state index contributed by atoms with van der Waals surface area (Å²) < 4.78 is 39.6. The third-order valence-electron chi connectivity index (χ3n) is 4.53. The minimum Gasteiger partial charge on any atom is -0.358 e. The number of benzene rings is 1. The van der Waals surface area contributed by atoms with Crippen molar-refractivity contribution in [3.8, 4) is 0 Å². The average molecular weight is 367 g/mol. The van der Waals surface area contributed by atoms with Gasteiger partial charge in [-0.3, -0.25) is 4.79 Å². The molecule has 6 nitrogen and oxygen atoms in total. The van der Waals surface area contributed by atoms with Gasteiger partial charge in [-0.25, -0.2) is 17.1 Å². The third-order valence-corrected chi connectivity index (χ3v) is 6.40. The quantitative estimate of drug-likeness (QED) is 0.850. The Bertz CT molecular complexity index is 886. The molecule has 0 saturated carbocycles. The lowest BCUT2D eigenvalue weighted by Crippen LogP contribution is -2.40. The molecule has 0 spiro atoms. The average Bonchev–Trinajstić information content (AvgIpc) is 2.90. The number of piperidine rings is 1. The Morgan fingerprint density at radius 1 is 1.28 bits per heavy atom. The summed E-state index contributed by atoms with van der Waals surface area (Å²) in [7, 11) is -3.36. The molecule has 1 saturated heterocycles. The van der Waals surface area contributed by atoms with Crippen LogP contribution in [0.3, 0.4) is 0 Å². The van der Waals surface area contributed by atoms with Gasteiger partial charge in [0.2, 0.25) is 10.0 Å². The lowest BCUT2D eigenvalue weighted by atomic mass is 10.1. The Hall–Kier alpha value is -1.93. The molecule has 0 unspecified atom stereocenters. The Labute approximate surface area is 146 Å². The van der Waals surface area contributed by atoms with Crippen LogP contribution in [0.2, 0.25) is 0 Å². The Morgan fingerprint density at radius 3 is 2.72 bits per heavy atom. The van der Waals surface area contributed by atoms with Gasteiger partial charge in [-0.15, -0.1) is 0 Å². The number of carbonyl (C=O) groups excluding carboxylic acids is 1. The molecule has 0 bridgehead atoms. The molecule has 1 amide bonds. The fourth-order valence-electron chi connectivity index (χ4n) is 3.25. The van der Waals surface area contributed by atoms with E-state index in [0.29, 0.717) is 35.2 Å². The molecule has 1 aliphatic rings. The number of aryl methyl sites for hydroxylation is 1. The monoisotopic (exact) mass is 367 g/mol. The molecule has 2 N–H and O–H groups in total. The molecule has 0 atom stereocenters. The van der Waals surface area contributed by atoms with E-state index in [4.69, 9.17) is 0 Å². The first kappa shape index (κ1) is 17.9. The van der Waals surface area contributed by atoms with Crippen LogP contribution >= 0.6 is 0 Å². The second-order valence-electron chi connectivity index (χ2n) is 6.35. The van der Waals surface area contributed by atoms with Crippen LogP contribution in [-0.2, 0) is 10.0 Å². The molecule has 8 heteroatoms. The molecular weight excluding hydrogens is 345 g/mol. The van der Waals surface area contributed by atoms with Crippen molar-refractivity contribution in [3.63, 3.8) is 0 Å². The molecule has 0 radical (unpaired) electrons. The molecule has 1 aromatic heterocycles. The Morgan fingerprint density at radius 2 is 2.00 bits per heavy atom. The second-order valence-corrected chi connectivity index (χ2v) is 8.43. The minimum atomic E-state index is -3.36. The number of aromatic amines is 1. The molecule has 1 aliphatic heterocycles. The predicted octanol–water partition coefficient (Wildman–Crippen LogP) is 2.16. The molecule has 0 aliphatic carbocycles. The highest BCUT2D eigenvalue weighted by molar-refractivity contribution is 7.89. The lowest BCUT2D eigenvalue weighted by Gasteiger charge is -2.25. The van der Waals surface area contributed by atoms with Crippen LogP contribution in [0.1, 0.15) is 35.3 Å². The zero-order valence-electron chi connectivity index (χ0n) is 14.1. The number of fused-ring (bicyclic) bond motifs is 1. The molecule has 136 valence electrons. The highest BCUT2D eigenvalue weighted by atomic mass is 32.2. The molecule has 1 aromatic carbocycles. The number of rotatable bonds is 5. The highest BCUT2D eigenvalue weighted by Gasteiger charge is 2.24. The van der Waals surface area contributed by atoms with Crippen LogP contribution in [0.5, 0.6) is 0 Å². The normalized spacial score (nSPS) is 16.2. The van der Waals surface area contributed by atoms with E-state index in [2.05, 4.69) is 10.3 Å². The van der Waals surface area contributed by atoms with Crippen molar-refractivity contribution in [1.29, 1.82) is 0 Å². The van der Waals surface area contributed by atoms with E-state index >= 15 is 0 Å². The van der Waals surface area contributed by atoms with Gasteiger partial charge in [-0.1, -0.05) is 6.42 Å². The molecule has 1 fully saturated rings. The number of sulfonamides is 1. The summed E-state index contributed by atoms with van der Waals surface area (Å²) in [5, 5.41) is 3.14. The zero-order chi connectivity index (χ0) is 18.0. The summed E-state index contributed by atoms with van der Waals surface area (Å²) >= 11 is 0. The summed E-state index contributed by atoms with van der Waals surface area (Å²) in [4.78, 5) is 15.5. The van der Waals surface area contributed by atoms with E-state index < -0.39 is 21.7 Å². The van der Waals surface area contributed by atoms with Crippen molar-refractivity contribution in [1.82, 2.24) is 14.6 Å². The first-order valence-corrected chi connectivity index (χ1v) is 10.0. The van der Waals surface area contributed by atoms with Gasteiger partial charge >= 0.3 is 0 Å². The van der Waals surface area contributed by atoms with E-state index in [0.717, 1.165) is 19.3 Å². The fourth-order valence-corrected chi connectivity index (χ4v) is 4.68. The highest BCUT2D eigenvalue weighted by Crippen LogP contribution is 2.23. The van der Waals surface area contributed by atoms with E-state index in [1.807, 2.05) is 0 Å². The van der Waals surface area contributed by atoms with Crippen molar-refractivity contribution < 1.29 is 17.6 Å². The van der Waals surface area contributed by atoms with E-state index in [9.17, 15) is 17.6 Å². The summed E-state index contributed by atoms with van der Waals surface area (Å²) in [5.41, 5.74) is 1.65. The first-order valence-electron chi connectivity index (χ1n) is 8.42. The maximum absolute atomic E-state index is 13.5. The van der Waals surface area contributed by atoms with Crippen LogP contribution in [0, 0.1) is 12.7 Å². The van der Waals surface area contributed by atoms with Gasteiger partial charge in [0, 0.05) is 36.2 Å². The zero-order valence-corrected chi connectivity index (χ0v) is 15.0. The Kier molecular flexibility index (Phi) is 5.10. The lowest BCUT2D eigenvalue weighted by molar-refractivity contribution is 0.0957. The molecule has 25 heavy (non-hydrogen) atoms. The number of carbonyl (C=O) groups is 1. The van der Waals surface area contributed by atoms with Gasteiger partial charge < -0.3 is 10.3 Å². The number of halogens is 1. The molecule has 2 heterocycles. The topological polar surface area (TPSA) is 82.3 Å². The maximum atomic E-state index is 13.5. The number of aromatic nitrogens is 1. The van der Waals surface area contributed by atoms with Crippen LogP contribution in [0.15, 0.2) is 18.2 Å². The maximum Gasteiger partial charge on any atom is 0.253 e. The summed E-state index contributed by atoms with van der Waals surface area (Å²) in [6.07, 6.45) is 2.82. The van der Waals surface area contributed by atoms with Gasteiger partial charge in [-0.05, 0) is 38.0 Å². The van der Waals surface area contributed by atoms with Gasteiger partial charge in [0.05, 0.1) is 11.3 Å². The van der Waals surface area contributed by atoms with Crippen molar-refractivity contribution in [2.24, 2.45) is 0 Å². The number of amides is 1. The number of nitrogens with one attached hydrogen (secondary N) is 2. The number of H-pyrrole nitrogens is 1. The van der Waals surface area contributed by atoms with Gasteiger partial charge in [0.25, 0.3) is 5.91 Å². The summed E-state index contributed by atoms with van der Waals surface area (Å²) in [6.45, 7) is 2.87. The van der Waals surface area contributed by atoms with Crippen LogP contribution in [0.25, 0.3) is 10.9 Å². The van der Waals surface area contributed by atoms with E-state index in [-0.39, 0.29) is 12.3 Å². The van der Waals surface area contributed by atoms with E-state index in [1.165, 1.54) is 16.4 Å². The molecule has 3 rings (SSSR count). The van der Waals surface area contributed by atoms with Gasteiger partial charge in [-0.2, -0.15) is 0 Å². The summed E-state index contributed by atoms with van der Waals surface area (Å²) in [6, 6.07) is 4.21. The summed E-state index contributed by atoms with van der Waals surface area (Å²) in [5.74, 6) is -0.953. The van der Waals surface area contributed by atoms with Crippen LogP contribution < -0.4 is 5.32 Å². The fraction of sp³-hybridized carbons (Fsp3) is 0.471. The van der Waals surface area contributed by atoms with Gasteiger partial charge in [0.1, 0.15) is 5.82 Å². The smallest absolute Gasteiger partial charge is 0.253 e. The van der Waals surface area contributed by atoms with Crippen LogP contribution in [-0.4, -0.2) is 49.0 Å². The number of nitrogens with zero attached hydrogens (tertiary/aromatic N) is 1. The molecular formula is C17H22FN3O3S. The predicted molar refractivity (Wildman–Crippen MR) is 94.5 cm³/mol. The van der Waals surface area contributed by atoms with Crippen molar-refractivity contribution in [2.75, 3.05) is 25.4 Å². The molecule has 2 aromatic rings. The Balaban J connectivity index is 1.67. The standard InChI is InChI=1S/C17H22FN3O3S/c1-12-16(14-11-13(18)5-6-15(14)20-12)17(22)19-7-10-25(23,24)21-8-3-2-4-9-21/h5-6,11,20H,2-4,7-10H2,1H3,(H,19,22). The van der Waals surface area contributed by atoms with Crippen LogP contribution in [0.4, 0.5) is 4.39 Å². The minimum absolute atomic E-state index is 0.0269. The first-order chi connectivity index (χ1) is 11.9. The SMILES string of the molecule is Cc1[nH]c2ccc(F)cc2c1C(=O)NCCS(=O)(=O)N1CCCCC1. The van der Waals surface area contributed by atoms with Crippen molar-refractivity contribution in [2.45, 2.75) is 26.2 Å². The number of hydrogen-bond acceptors (Lipinski definition) is 3. The van der Waals surface area contributed by atoms with Crippen molar-refractivity contribution in [3.05, 3.63) is 35.3 Å². The second kappa shape index (κ2) is 7.13. The number of hydrogen-bond donors (Lipinski definition) is 2.